The van der Waals surface area contributed by atoms with Gasteiger partial charge in [-0.05, 0) is 18.4 Å². The molecule has 0 aliphatic heterocycles. The molecule has 0 atom stereocenters. The van der Waals surface area contributed by atoms with E-state index in [0.717, 1.165) is 24.6 Å². The number of nitrogens with one attached hydrogen (secondary N) is 1. The molecule has 0 radical (unpaired) electrons. The van der Waals surface area contributed by atoms with Crippen LogP contribution in [0.4, 0.5) is 0 Å². The van der Waals surface area contributed by atoms with Gasteiger partial charge in [0, 0.05) is 12.0 Å². The molecule has 1 fully saturated rings. The van der Waals surface area contributed by atoms with Crippen molar-refractivity contribution >= 4 is 17.6 Å². The Balaban J connectivity index is 1.69. The maximum atomic E-state index is 11.9. The van der Waals surface area contributed by atoms with E-state index in [1.54, 1.807) is 0 Å². The minimum absolute atomic E-state index is 0.111. The van der Waals surface area contributed by atoms with Crippen LogP contribution >= 0.6 is 11.7 Å². The zero-order valence-corrected chi connectivity index (χ0v) is 11.3. The number of carbonyl (C=O) groups is 1. The largest absolute Gasteiger partial charge is 0.350 e. The number of carbonyl (C=O) groups excluding carboxylic acids is 1. The predicted octanol–water partition coefficient (Wildman–Crippen LogP) is 2.39. The smallest absolute Gasteiger partial charge is 0.272 e. The summed E-state index contributed by atoms with van der Waals surface area (Å²) in [7, 11) is 0. The summed E-state index contributed by atoms with van der Waals surface area (Å²) in [5, 5.41) is 2.99. The number of rotatable bonds is 4. The van der Waals surface area contributed by atoms with Gasteiger partial charge < -0.3 is 5.32 Å². The maximum Gasteiger partial charge on any atom is 0.272 e. The summed E-state index contributed by atoms with van der Waals surface area (Å²) < 4.78 is 7.80. The zero-order chi connectivity index (χ0) is 13.1. The molecular formula is C14H15N3OS. The minimum Gasteiger partial charge on any atom is -0.350 e. The summed E-state index contributed by atoms with van der Waals surface area (Å²) in [6.45, 7) is 0.674. The first-order chi connectivity index (χ1) is 9.30. The molecule has 98 valence electrons. The van der Waals surface area contributed by atoms with Crippen LogP contribution in [0.2, 0.25) is 0 Å². The Kier molecular flexibility index (Phi) is 3.29. The van der Waals surface area contributed by atoms with Crippen molar-refractivity contribution in [2.24, 2.45) is 0 Å². The highest BCUT2D eigenvalue weighted by Crippen LogP contribution is 2.43. The summed E-state index contributed by atoms with van der Waals surface area (Å²) in [6, 6.07) is 10.4. The van der Waals surface area contributed by atoms with Crippen molar-refractivity contribution < 1.29 is 4.79 Å². The molecular weight excluding hydrogens is 258 g/mol. The lowest BCUT2D eigenvalue weighted by atomic mass is 9.64. The van der Waals surface area contributed by atoms with E-state index in [9.17, 15) is 4.79 Å². The third kappa shape index (κ3) is 2.38. The minimum atomic E-state index is -0.129. The lowest BCUT2D eigenvalue weighted by Crippen LogP contribution is -2.45. The molecule has 1 amide bonds. The molecule has 2 aromatic rings. The second-order valence-corrected chi connectivity index (χ2v) is 5.53. The summed E-state index contributed by atoms with van der Waals surface area (Å²) >= 11 is 1.06. The molecule has 5 heteroatoms. The standard InChI is InChI=1S/C14H15N3OS/c18-13(12-9-16-19-17-12)15-10-14(7-4-8-14)11-5-2-1-3-6-11/h1-3,5-6,9H,4,7-8,10H2,(H,15,18). The summed E-state index contributed by atoms with van der Waals surface area (Å²) in [4.78, 5) is 11.9. The highest BCUT2D eigenvalue weighted by Gasteiger charge is 2.38. The number of hydrogen-bond acceptors (Lipinski definition) is 4. The van der Waals surface area contributed by atoms with E-state index in [2.05, 4.69) is 38.3 Å². The monoisotopic (exact) mass is 273 g/mol. The van der Waals surface area contributed by atoms with Gasteiger partial charge in [0.2, 0.25) is 0 Å². The van der Waals surface area contributed by atoms with Crippen LogP contribution < -0.4 is 5.32 Å². The van der Waals surface area contributed by atoms with Crippen molar-refractivity contribution in [1.82, 2.24) is 14.1 Å². The Morgan fingerprint density at radius 2 is 2.11 bits per heavy atom. The fourth-order valence-electron chi connectivity index (χ4n) is 2.57. The van der Waals surface area contributed by atoms with Crippen LogP contribution in [0.25, 0.3) is 0 Å². The number of aromatic nitrogens is 2. The molecule has 1 heterocycles. The van der Waals surface area contributed by atoms with Gasteiger partial charge in [0.05, 0.1) is 17.9 Å². The van der Waals surface area contributed by atoms with Crippen molar-refractivity contribution in [3.63, 3.8) is 0 Å². The van der Waals surface area contributed by atoms with Crippen LogP contribution in [-0.2, 0) is 5.41 Å². The van der Waals surface area contributed by atoms with E-state index >= 15 is 0 Å². The molecule has 1 aromatic heterocycles. The Morgan fingerprint density at radius 3 is 2.68 bits per heavy atom. The molecule has 0 spiro atoms. The van der Waals surface area contributed by atoms with E-state index in [4.69, 9.17) is 0 Å². The van der Waals surface area contributed by atoms with E-state index in [0.29, 0.717) is 12.2 Å². The van der Waals surface area contributed by atoms with E-state index in [1.807, 2.05) is 6.07 Å². The number of hydrogen-bond donors (Lipinski definition) is 1. The fraction of sp³-hybridized carbons (Fsp3) is 0.357. The van der Waals surface area contributed by atoms with E-state index in [-0.39, 0.29) is 11.3 Å². The van der Waals surface area contributed by atoms with Crippen LogP contribution in [0.15, 0.2) is 36.5 Å². The average molecular weight is 273 g/mol. The predicted molar refractivity (Wildman–Crippen MR) is 74.2 cm³/mol. The van der Waals surface area contributed by atoms with Crippen LogP contribution in [-0.4, -0.2) is 21.2 Å². The normalized spacial score (nSPS) is 16.6. The molecule has 0 bridgehead atoms. The summed E-state index contributed by atoms with van der Waals surface area (Å²) in [6.07, 6.45) is 5.00. The molecule has 1 saturated carbocycles. The lowest BCUT2D eigenvalue weighted by Gasteiger charge is -2.42. The molecule has 1 aliphatic carbocycles. The van der Waals surface area contributed by atoms with Crippen LogP contribution in [0, 0.1) is 0 Å². The molecule has 19 heavy (non-hydrogen) atoms. The van der Waals surface area contributed by atoms with Gasteiger partial charge in [0.25, 0.3) is 5.91 Å². The maximum absolute atomic E-state index is 11.9. The first-order valence-electron chi connectivity index (χ1n) is 6.41. The van der Waals surface area contributed by atoms with E-state index in [1.165, 1.54) is 18.2 Å². The number of nitrogens with zero attached hydrogens (tertiary/aromatic N) is 2. The third-order valence-corrected chi connectivity index (χ3v) is 4.36. The van der Waals surface area contributed by atoms with Gasteiger partial charge in [0.1, 0.15) is 0 Å². The van der Waals surface area contributed by atoms with Crippen LogP contribution in [0.1, 0.15) is 35.3 Å². The Labute approximate surface area is 116 Å². The first-order valence-corrected chi connectivity index (χ1v) is 7.14. The Bertz CT molecular complexity index is 549. The highest BCUT2D eigenvalue weighted by atomic mass is 32.1. The van der Waals surface area contributed by atoms with Gasteiger partial charge in [0.15, 0.2) is 5.69 Å². The first kappa shape index (κ1) is 12.3. The van der Waals surface area contributed by atoms with Crippen molar-refractivity contribution in [3.8, 4) is 0 Å². The van der Waals surface area contributed by atoms with Crippen LogP contribution in [0.3, 0.4) is 0 Å². The van der Waals surface area contributed by atoms with Crippen molar-refractivity contribution in [1.29, 1.82) is 0 Å². The molecule has 1 aliphatic rings. The quantitative estimate of drug-likeness (QED) is 0.930. The average Bonchev–Trinajstić information content (AvgIpc) is 2.92. The van der Waals surface area contributed by atoms with Crippen molar-refractivity contribution in [3.05, 3.63) is 47.8 Å². The molecule has 3 rings (SSSR count). The molecule has 0 saturated heterocycles. The van der Waals surface area contributed by atoms with E-state index < -0.39 is 0 Å². The Hall–Kier alpha value is -1.75. The van der Waals surface area contributed by atoms with Gasteiger partial charge >= 0.3 is 0 Å². The second kappa shape index (κ2) is 5.09. The molecule has 0 unspecified atom stereocenters. The topological polar surface area (TPSA) is 54.9 Å². The van der Waals surface area contributed by atoms with Gasteiger partial charge in [-0.25, -0.2) is 0 Å². The fourth-order valence-corrected chi connectivity index (χ4v) is 2.98. The second-order valence-electron chi connectivity index (χ2n) is 4.98. The SMILES string of the molecule is O=C(NCC1(c2ccccc2)CCC1)c1cnsn1. The number of benzene rings is 1. The highest BCUT2D eigenvalue weighted by molar-refractivity contribution is 6.99. The zero-order valence-electron chi connectivity index (χ0n) is 10.5. The lowest BCUT2D eigenvalue weighted by molar-refractivity contribution is 0.0924. The van der Waals surface area contributed by atoms with Gasteiger partial charge in [-0.2, -0.15) is 8.75 Å². The van der Waals surface area contributed by atoms with Gasteiger partial charge in [-0.15, -0.1) is 0 Å². The van der Waals surface area contributed by atoms with Gasteiger partial charge in [-0.1, -0.05) is 36.8 Å². The summed E-state index contributed by atoms with van der Waals surface area (Å²) in [5.74, 6) is -0.129. The Morgan fingerprint density at radius 1 is 1.32 bits per heavy atom. The third-order valence-electron chi connectivity index (χ3n) is 3.88. The molecule has 1 aromatic carbocycles. The summed E-state index contributed by atoms with van der Waals surface area (Å²) in [5.41, 5.74) is 1.84. The van der Waals surface area contributed by atoms with Gasteiger partial charge in [-0.3, -0.25) is 4.79 Å². The van der Waals surface area contributed by atoms with Crippen molar-refractivity contribution in [2.75, 3.05) is 6.54 Å². The number of amides is 1. The molecule has 4 nitrogen and oxygen atoms in total. The van der Waals surface area contributed by atoms with Crippen molar-refractivity contribution in [2.45, 2.75) is 24.7 Å². The molecule has 1 N–H and O–H groups in total. The van der Waals surface area contributed by atoms with Crippen LogP contribution in [0.5, 0.6) is 0 Å².